The number of hydrogen-bond acceptors (Lipinski definition) is 3. The second-order valence-electron chi connectivity index (χ2n) is 5.49. The molecule has 1 N–H and O–H groups in total. The van der Waals surface area contributed by atoms with Crippen LogP contribution >= 0.6 is 11.8 Å². The van der Waals surface area contributed by atoms with Gasteiger partial charge in [-0.05, 0) is 31.4 Å². The van der Waals surface area contributed by atoms with Crippen LogP contribution in [-0.4, -0.2) is 46.2 Å². The number of amides is 2. The number of anilines is 1. The van der Waals surface area contributed by atoms with E-state index in [4.69, 9.17) is 0 Å². The van der Waals surface area contributed by atoms with E-state index in [1.165, 1.54) is 27.8 Å². The van der Waals surface area contributed by atoms with Gasteiger partial charge in [0.1, 0.15) is 6.04 Å². The van der Waals surface area contributed by atoms with Gasteiger partial charge in [-0.1, -0.05) is 17.7 Å². The van der Waals surface area contributed by atoms with E-state index in [0.717, 1.165) is 18.5 Å². The number of thioether (sulfide) groups is 1. The van der Waals surface area contributed by atoms with E-state index in [0.29, 0.717) is 18.2 Å². The summed E-state index contributed by atoms with van der Waals surface area (Å²) in [6.45, 7) is 2.70. The van der Waals surface area contributed by atoms with Crippen molar-refractivity contribution in [3.8, 4) is 0 Å². The van der Waals surface area contributed by atoms with Crippen molar-refractivity contribution < 1.29 is 14.7 Å². The molecule has 1 fully saturated rings. The second-order valence-corrected chi connectivity index (χ2v) is 6.49. The molecule has 2 amide bonds. The standard InChI is InChI=1S/C15H18N2O3S/c1-10-4-5-12-11(7-10)3-2-6-16(12)15(20)17-9-21-8-13(17)14(18)19/h4-5,7,13H,2-3,6,8-9H2,1H3,(H,18,19). The summed E-state index contributed by atoms with van der Waals surface area (Å²) in [7, 11) is 0. The SMILES string of the molecule is Cc1ccc2c(c1)CCCN2C(=O)N1CSCC1C(=O)O. The minimum atomic E-state index is -0.922. The molecule has 5 nitrogen and oxygen atoms in total. The van der Waals surface area contributed by atoms with Gasteiger partial charge in [0.2, 0.25) is 0 Å². The molecule has 0 aliphatic carbocycles. The molecule has 1 unspecified atom stereocenters. The number of carboxylic acids is 1. The van der Waals surface area contributed by atoms with Gasteiger partial charge in [0.15, 0.2) is 0 Å². The van der Waals surface area contributed by atoms with Crippen molar-refractivity contribution in [1.82, 2.24) is 4.90 Å². The highest BCUT2D eigenvalue weighted by Gasteiger charge is 2.38. The van der Waals surface area contributed by atoms with Gasteiger partial charge < -0.3 is 10.0 Å². The molecule has 2 heterocycles. The molecule has 0 saturated carbocycles. The Morgan fingerprint density at radius 3 is 2.95 bits per heavy atom. The molecule has 2 aliphatic heterocycles. The lowest BCUT2D eigenvalue weighted by Gasteiger charge is -2.34. The van der Waals surface area contributed by atoms with Gasteiger partial charge in [0, 0.05) is 18.0 Å². The van der Waals surface area contributed by atoms with Gasteiger partial charge in [0.05, 0.1) is 5.88 Å². The molecule has 1 atom stereocenters. The number of carbonyl (C=O) groups is 2. The van der Waals surface area contributed by atoms with Crippen LogP contribution in [0.5, 0.6) is 0 Å². The maximum Gasteiger partial charge on any atom is 0.327 e. The Kier molecular flexibility index (Phi) is 3.80. The number of benzene rings is 1. The zero-order valence-electron chi connectivity index (χ0n) is 11.9. The molecule has 6 heteroatoms. The summed E-state index contributed by atoms with van der Waals surface area (Å²) < 4.78 is 0. The summed E-state index contributed by atoms with van der Waals surface area (Å²) in [6.07, 6.45) is 1.89. The lowest BCUT2D eigenvalue weighted by atomic mass is 10.00. The largest absolute Gasteiger partial charge is 0.480 e. The van der Waals surface area contributed by atoms with Crippen molar-refractivity contribution in [2.45, 2.75) is 25.8 Å². The van der Waals surface area contributed by atoms with Crippen molar-refractivity contribution in [1.29, 1.82) is 0 Å². The normalized spacial score (nSPS) is 21.3. The number of hydrogen-bond donors (Lipinski definition) is 1. The Balaban J connectivity index is 1.88. The predicted molar refractivity (Wildman–Crippen MR) is 82.8 cm³/mol. The number of nitrogens with zero attached hydrogens (tertiary/aromatic N) is 2. The highest BCUT2D eigenvalue weighted by molar-refractivity contribution is 7.99. The third-order valence-corrected chi connectivity index (χ3v) is 5.01. The van der Waals surface area contributed by atoms with Crippen molar-refractivity contribution in [3.63, 3.8) is 0 Å². The maximum atomic E-state index is 12.7. The average molecular weight is 306 g/mol. The Morgan fingerprint density at radius 1 is 1.38 bits per heavy atom. The highest BCUT2D eigenvalue weighted by Crippen LogP contribution is 2.31. The van der Waals surface area contributed by atoms with Gasteiger partial charge >= 0.3 is 12.0 Å². The zero-order chi connectivity index (χ0) is 15.0. The second kappa shape index (κ2) is 5.60. The summed E-state index contributed by atoms with van der Waals surface area (Å²) in [5.41, 5.74) is 3.29. The van der Waals surface area contributed by atoms with Crippen LogP contribution < -0.4 is 4.90 Å². The van der Waals surface area contributed by atoms with Crippen molar-refractivity contribution >= 4 is 29.4 Å². The number of rotatable bonds is 1. The van der Waals surface area contributed by atoms with Gasteiger partial charge in [-0.3, -0.25) is 4.90 Å². The van der Waals surface area contributed by atoms with Crippen LogP contribution in [0.1, 0.15) is 17.5 Å². The van der Waals surface area contributed by atoms with Crippen molar-refractivity contribution in [2.24, 2.45) is 0 Å². The van der Waals surface area contributed by atoms with E-state index in [-0.39, 0.29) is 6.03 Å². The molecule has 112 valence electrons. The predicted octanol–water partition coefficient (Wildman–Crippen LogP) is 2.33. The van der Waals surface area contributed by atoms with E-state index in [9.17, 15) is 14.7 Å². The first kappa shape index (κ1) is 14.3. The summed E-state index contributed by atoms with van der Waals surface area (Å²) >= 11 is 1.49. The molecule has 1 aromatic carbocycles. The minimum absolute atomic E-state index is 0.183. The number of aryl methyl sites for hydroxylation is 2. The zero-order valence-corrected chi connectivity index (χ0v) is 12.7. The molecule has 3 rings (SSSR count). The Labute approximate surface area is 127 Å². The molecule has 0 aromatic heterocycles. The van der Waals surface area contributed by atoms with Gasteiger partial charge in [-0.25, -0.2) is 9.59 Å². The van der Waals surface area contributed by atoms with Gasteiger partial charge in [-0.15, -0.1) is 11.8 Å². The summed E-state index contributed by atoms with van der Waals surface area (Å²) in [6, 6.07) is 5.19. The number of aliphatic carboxylic acids is 1. The summed E-state index contributed by atoms with van der Waals surface area (Å²) in [4.78, 5) is 27.2. The molecule has 2 aliphatic rings. The van der Waals surface area contributed by atoms with Crippen LogP contribution in [-0.2, 0) is 11.2 Å². The quantitative estimate of drug-likeness (QED) is 0.865. The summed E-state index contributed by atoms with van der Waals surface area (Å²) in [5.74, 6) is -0.00196. The first-order chi connectivity index (χ1) is 10.1. The topological polar surface area (TPSA) is 60.9 Å². The van der Waals surface area contributed by atoms with Crippen LogP contribution in [0, 0.1) is 6.92 Å². The highest BCUT2D eigenvalue weighted by atomic mass is 32.2. The Hall–Kier alpha value is -1.69. The molecule has 0 bridgehead atoms. The third kappa shape index (κ3) is 2.60. The van der Waals surface area contributed by atoms with E-state index in [1.54, 1.807) is 4.90 Å². The maximum absolute atomic E-state index is 12.7. The number of carboxylic acid groups (broad SMARTS) is 1. The number of urea groups is 1. The van der Waals surface area contributed by atoms with E-state index in [1.807, 2.05) is 19.1 Å². The minimum Gasteiger partial charge on any atom is -0.480 e. The summed E-state index contributed by atoms with van der Waals surface area (Å²) in [5, 5.41) is 9.24. The van der Waals surface area contributed by atoms with Crippen LogP contribution in [0.15, 0.2) is 18.2 Å². The fraction of sp³-hybridized carbons (Fsp3) is 0.467. The molecule has 1 saturated heterocycles. The lowest BCUT2D eigenvalue weighted by molar-refractivity contribution is -0.140. The molecule has 0 spiro atoms. The third-order valence-electron chi connectivity index (χ3n) is 4.00. The van der Waals surface area contributed by atoms with Gasteiger partial charge in [-0.2, -0.15) is 0 Å². The van der Waals surface area contributed by atoms with Crippen LogP contribution in [0.4, 0.5) is 10.5 Å². The fourth-order valence-corrected chi connectivity index (χ4v) is 4.05. The van der Waals surface area contributed by atoms with E-state index in [2.05, 4.69) is 6.07 Å². The molecular formula is C15H18N2O3S. The Morgan fingerprint density at radius 2 is 2.19 bits per heavy atom. The Bertz CT molecular complexity index is 590. The first-order valence-electron chi connectivity index (χ1n) is 7.06. The van der Waals surface area contributed by atoms with Gasteiger partial charge in [0.25, 0.3) is 0 Å². The number of carbonyl (C=O) groups excluding carboxylic acids is 1. The molecule has 0 radical (unpaired) electrons. The molecular weight excluding hydrogens is 288 g/mol. The monoisotopic (exact) mass is 306 g/mol. The van der Waals surface area contributed by atoms with Crippen molar-refractivity contribution in [3.05, 3.63) is 29.3 Å². The van der Waals surface area contributed by atoms with Crippen LogP contribution in [0.3, 0.4) is 0 Å². The van der Waals surface area contributed by atoms with Crippen molar-refractivity contribution in [2.75, 3.05) is 23.1 Å². The van der Waals surface area contributed by atoms with E-state index >= 15 is 0 Å². The molecule has 21 heavy (non-hydrogen) atoms. The van der Waals surface area contributed by atoms with Crippen LogP contribution in [0.2, 0.25) is 0 Å². The fourth-order valence-electron chi connectivity index (χ4n) is 2.92. The average Bonchev–Trinajstić information content (AvgIpc) is 2.95. The number of fused-ring (bicyclic) bond motifs is 1. The lowest BCUT2D eigenvalue weighted by Crippen LogP contribution is -2.50. The molecule has 1 aromatic rings. The smallest absolute Gasteiger partial charge is 0.327 e. The first-order valence-corrected chi connectivity index (χ1v) is 8.21. The van der Waals surface area contributed by atoms with E-state index < -0.39 is 12.0 Å². The van der Waals surface area contributed by atoms with Crippen LogP contribution in [0.25, 0.3) is 0 Å².